The van der Waals surface area contributed by atoms with Gasteiger partial charge in [-0.25, -0.2) is 4.79 Å². The number of carbonyl (C=O) groups excluding carboxylic acids is 2. The van der Waals surface area contributed by atoms with Gasteiger partial charge in [0, 0.05) is 44.7 Å². The van der Waals surface area contributed by atoms with Gasteiger partial charge in [0.2, 0.25) is 11.8 Å². The van der Waals surface area contributed by atoms with Crippen LogP contribution in [0.1, 0.15) is 42.4 Å². The molecule has 1 fully saturated rings. The minimum absolute atomic E-state index is 0.115. The highest BCUT2D eigenvalue weighted by molar-refractivity contribution is 5.84. The van der Waals surface area contributed by atoms with E-state index in [2.05, 4.69) is 10.3 Å². The molecule has 1 aliphatic heterocycles. The maximum absolute atomic E-state index is 12.7. The molecule has 0 spiro atoms. The molecule has 1 saturated heterocycles. The zero-order valence-electron chi connectivity index (χ0n) is 22.0. The minimum Gasteiger partial charge on any atom is -0.489 e. The van der Waals surface area contributed by atoms with Gasteiger partial charge in [0.05, 0.1) is 0 Å². The van der Waals surface area contributed by atoms with Crippen molar-refractivity contribution in [3.05, 3.63) is 95.8 Å². The Bertz CT molecular complexity index is 1210. The molecule has 2 heterocycles. The van der Waals surface area contributed by atoms with Crippen LogP contribution >= 0.6 is 0 Å². The second-order valence-electron chi connectivity index (χ2n) is 9.97. The third-order valence-electron chi connectivity index (χ3n) is 7.04. The summed E-state index contributed by atoms with van der Waals surface area (Å²) in [5, 5.41) is 12.4. The number of aryl methyl sites for hydroxylation is 1. The SMILES string of the molecule is O=C(CC1CCN(C(=O)CCc2cccnc2)CC1)N[C@@H](Cc1ccc(OCc2ccccc2)cc1)C(=O)O. The number of rotatable bonds is 12. The molecule has 1 aromatic heterocycles. The lowest BCUT2D eigenvalue weighted by atomic mass is 9.92. The zero-order chi connectivity index (χ0) is 27.5. The molecule has 0 bridgehead atoms. The van der Waals surface area contributed by atoms with Crippen LogP contribution in [0.4, 0.5) is 0 Å². The molecule has 204 valence electrons. The number of ether oxygens (including phenoxy) is 1. The maximum Gasteiger partial charge on any atom is 0.326 e. The molecule has 0 saturated carbocycles. The van der Waals surface area contributed by atoms with E-state index in [1.54, 1.807) is 12.4 Å². The largest absolute Gasteiger partial charge is 0.489 e. The molecule has 4 rings (SSSR count). The van der Waals surface area contributed by atoms with Gasteiger partial charge in [0.1, 0.15) is 18.4 Å². The molecule has 0 unspecified atom stereocenters. The predicted octanol–water partition coefficient (Wildman–Crippen LogP) is 4.03. The average molecular weight is 530 g/mol. The van der Waals surface area contributed by atoms with Crippen molar-refractivity contribution in [2.24, 2.45) is 5.92 Å². The van der Waals surface area contributed by atoms with Gasteiger partial charge >= 0.3 is 5.97 Å². The fourth-order valence-corrected chi connectivity index (χ4v) is 4.76. The van der Waals surface area contributed by atoms with Crippen molar-refractivity contribution in [2.75, 3.05) is 13.1 Å². The highest BCUT2D eigenvalue weighted by Crippen LogP contribution is 2.22. The first-order valence-corrected chi connectivity index (χ1v) is 13.4. The van der Waals surface area contributed by atoms with Crippen LogP contribution in [0.25, 0.3) is 0 Å². The number of nitrogens with zero attached hydrogens (tertiary/aromatic N) is 2. The number of hydrogen-bond acceptors (Lipinski definition) is 5. The van der Waals surface area contributed by atoms with Crippen LogP contribution in [0.2, 0.25) is 0 Å². The van der Waals surface area contributed by atoms with Crippen molar-refractivity contribution < 1.29 is 24.2 Å². The van der Waals surface area contributed by atoms with E-state index >= 15 is 0 Å². The van der Waals surface area contributed by atoms with E-state index < -0.39 is 12.0 Å². The number of pyridine rings is 1. The summed E-state index contributed by atoms with van der Waals surface area (Å²) in [6.07, 6.45) is 6.50. The molecular weight excluding hydrogens is 494 g/mol. The number of nitrogens with one attached hydrogen (secondary N) is 1. The number of carboxylic acids is 1. The Morgan fingerprint density at radius 3 is 2.33 bits per heavy atom. The number of benzene rings is 2. The first kappa shape index (κ1) is 27.8. The molecule has 3 aromatic rings. The summed E-state index contributed by atoms with van der Waals surface area (Å²) in [6, 6.07) is 19.9. The van der Waals surface area contributed by atoms with Crippen LogP contribution in [-0.2, 0) is 33.8 Å². The Hall–Kier alpha value is -4.20. The van der Waals surface area contributed by atoms with E-state index in [1.807, 2.05) is 71.6 Å². The number of amides is 2. The van der Waals surface area contributed by atoms with Crippen LogP contribution < -0.4 is 10.1 Å². The van der Waals surface area contributed by atoms with Crippen LogP contribution in [0.15, 0.2) is 79.1 Å². The van der Waals surface area contributed by atoms with Crippen molar-refractivity contribution in [1.82, 2.24) is 15.2 Å². The highest BCUT2D eigenvalue weighted by Gasteiger charge is 2.26. The smallest absolute Gasteiger partial charge is 0.326 e. The first-order valence-electron chi connectivity index (χ1n) is 13.4. The minimum atomic E-state index is -1.07. The summed E-state index contributed by atoms with van der Waals surface area (Å²) in [5.74, 6) is -0.402. The number of hydrogen-bond donors (Lipinski definition) is 2. The van der Waals surface area contributed by atoms with E-state index in [4.69, 9.17) is 4.74 Å². The topological polar surface area (TPSA) is 109 Å². The molecule has 1 aliphatic rings. The zero-order valence-corrected chi connectivity index (χ0v) is 22.0. The van der Waals surface area contributed by atoms with Crippen molar-refractivity contribution >= 4 is 17.8 Å². The van der Waals surface area contributed by atoms with Crippen molar-refractivity contribution in [3.8, 4) is 5.75 Å². The highest BCUT2D eigenvalue weighted by atomic mass is 16.5. The summed E-state index contributed by atoms with van der Waals surface area (Å²) in [6.45, 7) is 1.68. The Kier molecular flexibility index (Phi) is 10.1. The van der Waals surface area contributed by atoms with E-state index in [-0.39, 0.29) is 30.6 Å². The Balaban J connectivity index is 1.18. The molecule has 2 amide bonds. The Morgan fingerprint density at radius 1 is 0.949 bits per heavy atom. The van der Waals surface area contributed by atoms with Crippen LogP contribution in [0.5, 0.6) is 5.75 Å². The fraction of sp³-hybridized carbons (Fsp3) is 0.355. The van der Waals surface area contributed by atoms with Crippen molar-refractivity contribution in [1.29, 1.82) is 0 Å². The third-order valence-corrected chi connectivity index (χ3v) is 7.04. The molecule has 8 nitrogen and oxygen atoms in total. The van der Waals surface area contributed by atoms with E-state index in [1.165, 1.54) is 0 Å². The normalized spacial score (nSPS) is 14.4. The Labute approximate surface area is 229 Å². The molecule has 1 atom stereocenters. The van der Waals surface area contributed by atoms with Gasteiger partial charge in [0.25, 0.3) is 0 Å². The second kappa shape index (κ2) is 14.1. The summed E-state index contributed by atoms with van der Waals surface area (Å²) in [5.41, 5.74) is 2.90. The quantitative estimate of drug-likeness (QED) is 0.367. The van der Waals surface area contributed by atoms with Gasteiger partial charge in [-0.15, -0.1) is 0 Å². The molecule has 8 heteroatoms. The molecule has 0 radical (unpaired) electrons. The average Bonchev–Trinajstić information content (AvgIpc) is 2.96. The van der Waals surface area contributed by atoms with Gasteiger partial charge in [-0.3, -0.25) is 14.6 Å². The van der Waals surface area contributed by atoms with E-state index in [0.29, 0.717) is 38.3 Å². The molecule has 2 aromatic carbocycles. The van der Waals surface area contributed by atoms with Gasteiger partial charge in [-0.05, 0) is 60.1 Å². The Morgan fingerprint density at radius 2 is 1.67 bits per heavy atom. The fourth-order valence-electron chi connectivity index (χ4n) is 4.76. The molecule has 2 N–H and O–H groups in total. The number of aliphatic carboxylic acids is 1. The standard InChI is InChI=1S/C31H35N3O5/c35-29(20-24-14-17-34(18-15-24)30(36)13-10-25-7-4-16-32-21-25)33-28(31(37)38)19-23-8-11-27(12-9-23)39-22-26-5-2-1-3-6-26/h1-9,11-12,16,21,24,28H,10,13-15,17-20,22H2,(H,33,35)(H,37,38)/t28-/m0/s1. The first-order chi connectivity index (χ1) is 19.0. The molecule has 39 heavy (non-hydrogen) atoms. The third kappa shape index (κ3) is 8.95. The van der Waals surface area contributed by atoms with Crippen LogP contribution in [0.3, 0.4) is 0 Å². The van der Waals surface area contributed by atoms with Crippen LogP contribution in [-0.4, -0.2) is 51.9 Å². The number of aromatic nitrogens is 1. The lowest BCUT2D eigenvalue weighted by Gasteiger charge is -2.32. The van der Waals surface area contributed by atoms with E-state index in [9.17, 15) is 19.5 Å². The van der Waals surface area contributed by atoms with Gasteiger partial charge < -0.3 is 20.1 Å². The summed E-state index contributed by atoms with van der Waals surface area (Å²) < 4.78 is 5.79. The van der Waals surface area contributed by atoms with Gasteiger partial charge in [-0.1, -0.05) is 48.5 Å². The lowest BCUT2D eigenvalue weighted by molar-refractivity contribution is -0.142. The van der Waals surface area contributed by atoms with Crippen molar-refractivity contribution in [2.45, 2.75) is 51.2 Å². The summed E-state index contributed by atoms with van der Waals surface area (Å²) in [4.78, 5) is 43.0. The van der Waals surface area contributed by atoms with Crippen molar-refractivity contribution in [3.63, 3.8) is 0 Å². The number of carbonyl (C=O) groups is 3. The van der Waals surface area contributed by atoms with Gasteiger partial charge in [0.15, 0.2) is 0 Å². The second-order valence-corrected chi connectivity index (χ2v) is 9.97. The predicted molar refractivity (Wildman–Crippen MR) is 147 cm³/mol. The maximum atomic E-state index is 12.7. The molecule has 0 aliphatic carbocycles. The summed E-state index contributed by atoms with van der Waals surface area (Å²) >= 11 is 0. The monoisotopic (exact) mass is 529 g/mol. The lowest BCUT2D eigenvalue weighted by Crippen LogP contribution is -2.44. The number of likely N-dealkylation sites (tertiary alicyclic amines) is 1. The number of piperidine rings is 1. The number of carboxylic acid groups (broad SMARTS) is 1. The summed E-state index contributed by atoms with van der Waals surface area (Å²) in [7, 11) is 0. The van der Waals surface area contributed by atoms with E-state index in [0.717, 1.165) is 29.5 Å². The van der Waals surface area contributed by atoms with Crippen LogP contribution in [0, 0.1) is 5.92 Å². The molecular formula is C31H35N3O5. The van der Waals surface area contributed by atoms with Gasteiger partial charge in [-0.2, -0.15) is 0 Å².